The van der Waals surface area contributed by atoms with Crippen molar-refractivity contribution in [3.8, 4) is 16.4 Å². The summed E-state index contributed by atoms with van der Waals surface area (Å²) in [4.78, 5) is 16.5. The number of rotatable bonds is 3. The van der Waals surface area contributed by atoms with Gasteiger partial charge in [0.2, 0.25) is 0 Å². The van der Waals surface area contributed by atoms with Gasteiger partial charge in [0.05, 0.1) is 18.2 Å². The molecule has 30 heavy (non-hydrogen) atoms. The van der Waals surface area contributed by atoms with Gasteiger partial charge in [-0.3, -0.25) is 4.79 Å². The predicted molar refractivity (Wildman–Crippen MR) is 111 cm³/mol. The van der Waals surface area contributed by atoms with E-state index in [-0.39, 0.29) is 11.9 Å². The maximum atomic E-state index is 13.6. The molecule has 9 nitrogen and oxygen atoms in total. The van der Waals surface area contributed by atoms with Crippen LogP contribution in [0, 0.1) is 13.8 Å². The summed E-state index contributed by atoms with van der Waals surface area (Å²) in [6, 6.07) is 10.1. The van der Waals surface area contributed by atoms with Gasteiger partial charge in [-0.05, 0) is 36.8 Å². The predicted octanol–water partition coefficient (Wildman–Crippen LogP) is 2.82. The van der Waals surface area contributed by atoms with E-state index in [1.165, 1.54) is 17.7 Å². The van der Waals surface area contributed by atoms with Gasteiger partial charge in [0.1, 0.15) is 11.3 Å². The van der Waals surface area contributed by atoms with E-state index in [4.69, 9.17) is 0 Å². The van der Waals surface area contributed by atoms with Crippen molar-refractivity contribution in [2.45, 2.75) is 33.4 Å². The SMILES string of the molecule is Cc1sc(-n2cnnn2)c(C(=O)N2Cc3nnc(-c4ccccc4)n3[C@@H](C)C2)c1C. The maximum absolute atomic E-state index is 13.6. The van der Waals surface area contributed by atoms with Crippen molar-refractivity contribution in [2.24, 2.45) is 0 Å². The quantitative estimate of drug-likeness (QED) is 0.506. The van der Waals surface area contributed by atoms with Crippen molar-refractivity contribution in [1.29, 1.82) is 0 Å². The van der Waals surface area contributed by atoms with Gasteiger partial charge < -0.3 is 9.47 Å². The Morgan fingerprint density at radius 3 is 2.70 bits per heavy atom. The second kappa shape index (κ2) is 7.13. The number of benzene rings is 1. The lowest BCUT2D eigenvalue weighted by Crippen LogP contribution is -2.41. The van der Waals surface area contributed by atoms with E-state index < -0.39 is 0 Å². The van der Waals surface area contributed by atoms with Gasteiger partial charge >= 0.3 is 0 Å². The second-order valence-electron chi connectivity index (χ2n) is 7.43. The molecule has 4 heterocycles. The molecule has 4 aromatic rings. The molecule has 1 aliphatic rings. The number of thiophene rings is 1. The average molecular weight is 421 g/mol. The number of tetrazole rings is 1. The third-order valence-electron chi connectivity index (χ3n) is 5.48. The molecule has 0 spiro atoms. The molecule has 10 heteroatoms. The van der Waals surface area contributed by atoms with Crippen molar-refractivity contribution < 1.29 is 4.79 Å². The van der Waals surface area contributed by atoms with Crippen LogP contribution in [0.4, 0.5) is 0 Å². The van der Waals surface area contributed by atoms with Crippen LogP contribution in [0.25, 0.3) is 16.4 Å². The summed E-state index contributed by atoms with van der Waals surface area (Å²) in [5.41, 5.74) is 2.63. The van der Waals surface area contributed by atoms with E-state index in [2.05, 4.69) is 37.2 Å². The van der Waals surface area contributed by atoms with Crippen LogP contribution in [0.1, 0.15) is 39.6 Å². The first-order valence-electron chi connectivity index (χ1n) is 9.66. The van der Waals surface area contributed by atoms with Crippen molar-refractivity contribution in [3.63, 3.8) is 0 Å². The number of hydrogen-bond acceptors (Lipinski definition) is 7. The molecule has 1 aliphatic heterocycles. The average Bonchev–Trinajstić information content (AvgIpc) is 3.48. The summed E-state index contributed by atoms with van der Waals surface area (Å²) >= 11 is 1.52. The molecule has 1 atom stereocenters. The number of fused-ring (bicyclic) bond motifs is 1. The summed E-state index contributed by atoms with van der Waals surface area (Å²) in [5, 5.41) is 21.0. The third-order valence-corrected chi connectivity index (χ3v) is 6.68. The fraction of sp³-hybridized carbons (Fsp3) is 0.300. The Balaban J connectivity index is 1.50. The Labute approximate surface area is 177 Å². The molecule has 0 fully saturated rings. The van der Waals surface area contributed by atoms with Crippen LogP contribution in [-0.4, -0.2) is 52.3 Å². The zero-order valence-electron chi connectivity index (χ0n) is 16.8. The van der Waals surface area contributed by atoms with Crippen LogP contribution in [0.2, 0.25) is 0 Å². The number of amides is 1. The lowest BCUT2D eigenvalue weighted by atomic mass is 10.1. The fourth-order valence-electron chi connectivity index (χ4n) is 3.90. The largest absolute Gasteiger partial charge is 0.329 e. The normalized spacial score (nSPS) is 16.0. The van der Waals surface area contributed by atoms with Crippen molar-refractivity contribution in [2.75, 3.05) is 6.54 Å². The highest BCUT2D eigenvalue weighted by Crippen LogP contribution is 2.33. The van der Waals surface area contributed by atoms with Gasteiger partial charge in [0.15, 0.2) is 11.6 Å². The van der Waals surface area contributed by atoms with Crippen molar-refractivity contribution in [3.05, 3.63) is 58.5 Å². The first kappa shape index (κ1) is 18.6. The summed E-state index contributed by atoms with van der Waals surface area (Å²) < 4.78 is 3.69. The fourth-order valence-corrected chi connectivity index (χ4v) is 4.97. The first-order chi connectivity index (χ1) is 14.5. The number of hydrogen-bond donors (Lipinski definition) is 0. The first-order valence-corrected chi connectivity index (χ1v) is 10.5. The molecule has 0 aliphatic carbocycles. The number of aryl methyl sites for hydroxylation is 1. The molecule has 1 aromatic carbocycles. The Morgan fingerprint density at radius 2 is 1.97 bits per heavy atom. The molecule has 1 amide bonds. The van der Waals surface area contributed by atoms with E-state index in [0.29, 0.717) is 18.7 Å². The maximum Gasteiger partial charge on any atom is 0.257 e. The standard InChI is InChI=1S/C20H20N8OS/c1-12-9-26(10-16-22-23-18(28(12)16)15-7-5-4-6-8-15)19(29)17-13(2)14(3)30-20(17)27-11-21-24-25-27/h4-8,11-12H,9-10H2,1-3H3/t12-/m0/s1. The van der Waals surface area contributed by atoms with Crippen LogP contribution in [-0.2, 0) is 6.54 Å². The number of carbonyl (C=O) groups is 1. The van der Waals surface area contributed by atoms with Gasteiger partial charge in [0.25, 0.3) is 5.91 Å². The lowest BCUT2D eigenvalue weighted by Gasteiger charge is -2.32. The van der Waals surface area contributed by atoms with Crippen LogP contribution in [0.5, 0.6) is 0 Å². The van der Waals surface area contributed by atoms with E-state index in [9.17, 15) is 4.79 Å². The second-order valence-corrected chi connectivity index (χ2v) is 8.63. The molecule has 0 N–H and O–H groups in total. The molecule has 5 rings (SSSR count). The van der Waals surface area contributed by atoms with Crippen molar-refractivity contribution in [1.82, 2.24) is 39.9 Å². The smallest absolute Gasteiger partial charge is 0.257 e. The van der Waals surface area contributed by atoms with Gasteiger partial charge in [-0.25, -0.2) is 0 Å². The zero-order chi connectivity index (χ0) is 20.8. The summed E-state index contributed by atoms with van der Waals surface area (Å²) in [5.74, 6) is 1.58. The van der Waals surface area contributed by atoms with Crippen LogP contribution in [0.3, 0.4) is 0 Å². The van der Waals surface area contributed by atoms with Gasteiger partial charge in [-0.1, -0.05) is 30.3 Å². The van der Waals surface area contributed by atoms with Crippen molar-refractivity contribution >= 4 is 17.2 Å². The molecular formula is C20H20N8OS. The minimum atomic E-state index is -0.0373. The number of nitrogens with zero attached hydrogens (tertiary/aromatic N) is 8. The van der Waals surface area contributed by atoms with Gasteiger partial charge in [0, 0.05) is 17.0 Å². The monoisotopic (exact) mass is 420 g/mol. The Kier molecular flexibility index (Phi) is 4.43. The minimum Gasteiger partial charge on any atom is -0.329 e. The molecular weight excluding hydrogens is 400 g/mol. The molecule has 3 aromatic heterocycles. The zero-order valence-corrected chi connectivity index (χ0v) is 17.7. The van der Waals surface area contributed by atoms with E-state index >= 15 is 0 Å². The lowest BCUT2D eigenvalue weighted by molar-refractivity contribution is 0.0682. The topological polar surface area (TPSA) is 94.6 Å². The van der Waals surface area contributed by atoms with Crippen LogP contribution < -0.4 is 0 Å². The van der Waals surface area contributed by atoms with Gasteiger partial charge in [-0.2, -0.15) is 4.68 Å². The Morgan fingerprint density at radius 1 is 1.17 bits per heavy atom. The van der Waals surface area contributed by atoms with E-state index in [0.717, 1.165) is 32.7 Å². The molecule has 0 saturated heterocycles. The summed E-state index contributed by atoms with van der Waals surface area (Å²) in [7, 11) is 0. The molecule has 0 bridgehead atoms. The highest BCUT2D eigenvalue weighted by Gasteiger charge is 2.33. The van der Waals surface area contributed by atoms with E-state index in [1.807, 2.05) is 49.1 Å². The number of aromatic nitrogens is 7. The highest BCUT2D eigenvalue weighted by molar-refractivity contribution is 7.15. The molecule has 152 valence electrons. The summed E-state index contributed by atoms with van der Waals surface area (Å²) in [6.07, 6.45) is 1.52. The molecule has 0 unspecified atom stereocenters. The number of carbonyl (C=O) groups excluding carboxylic acids is 1. The minimum absolute atomic E-state index is 0.0373. The van der Waals surface area contributed by atoms with E-state index in [1.54, 1.807) is 4.68 Å². The Bertz CT molecular complexity index is 1210. The van der Waals surface area contributed by atoms with Crippen LogP contribution in [0.15, 0.2) is 36.7 Å². The van der Waals surface area contributed by atoms with Crippen LogP contribution >= 0.6 is 11.3 Å². The summed E-state index contributed by atoms with van der Waals surface area (Å²) in [6.45, 7) is 7.05. The Hall–Kier alpha value is -3.40. The highest BCUT2D eigenvalue weighted by atomic mass is 32.1. The third kappa shape index (κ3) is 2.91. The molecule has 0 saturated carbocycles. The molecule has 0 radical (unpaired) electrons. The van der Waals surface area contributed by atoms with Gasteiger partial charge in [-0.15, -0.1) is 26.6 Å².